The molecule has 28 heavy (non-hydrogen) atoms. The predicted octanol–water partition coefficient (Wildman–Crippen LogP) is 4.16. The van der Waals surface area contributed by atoms with Gasteiger partial charge in [-0.3, -0.25) is 0 Å². The Morgan fingerprint density at radius 1 is 1.18 bits per heavy atom. The van der Waals surface area contributed by atoms with Gasteiger partial charge in [0.1, 0.15) is 12.4 Å². The molecule has 0 aliphatic carbocycles. The first-order chi connectivity index (χ1) is 13.4. The van der Waals surface area contributed by atoms with Crippen molar-refractivity contribution >= 4 is 30.1 Å². The van der Waals surface area contributed by atoms with Gasteiger partial charge < -0.3 is 28.0 Å². The van der Waals surface area contributed by atoms with Crippen LogP contribution in [0.15, 0.2) is 18.2 Å². The summed E-state index contributed by atoms with van der Waals surface area (Å²) in [5.41, 5.74) is 0.732. The van der Waals surface area contributed by atoms with Crippen molar-refractivity contribution in [1.29, 1.82) is 0 Å². The maximum Gasteiger partial charge on any atom is 0.261 e. The van der Waals surface area contributed by atoms with E-state index in [-0.39, 0.29) is 6.61 Å². The third kappa shape index (κ3) is 9.03. The van der Waals surface area contributed by atoms with Crippen LogP contribution >= 0.6 is 18.2 Å². The Bertz CT molecular complexity index is 620. The Labute approximate surface area is 178 Å². The monoisotopic (exact) mass is 455 g/mol. The van der Waals surface area contributed by atoms with Crippen molar-refractivity contribution in [2.45, 2.75) is 20.1 Å². The van der Waals surface area contributed by atoms with Crippen LogP contribution in [0.5, 0.6) is 5.75 Å². The van der Waals surface area contributed by atoms with Crippen LogP contribution in [0.3, 0.4) is 0 Å². The van der Waals surface area contributed by atoms with Crippen LogP contribution < -0.4 is 9.82 Å². The Hall–Kier alpha value is -0.280. The molecule has 0 saturated heterocycles. The highest BCUT2D eigenvalue weighted by molar-refractivity contribution is 8.08. The molecule has 0 spiro atoms. The van der Waals surface area contributed by atoms with Crippen molar-refractivity contribution in [3.05, 3.63) is 28.8 Å². The molecule has 1 rings (SSSR count). The Kier molecular flexibility index (Phi) is 12.7. The normalized spacial score (nSPS) is 14.8. The molecule has 10 heteroatoms. The summed E-state index contributed by atoms with van der Waals surface area (Å²) in [4.78, 5) is 0. The van der Waals surface area contributed by atoms with E-state index >= 15 is 0 Å². The molecule has 0 fully saturated rings. The van der Waals surface area contributed by atoms with Gasteiger partial charge in [-0.05, 0) is 42.8 Å². The quantitative estimate of drug-likeness (QED) is 0.240. The molecule has 0 saturated carbocycles. The van der Waals surface area contributed by atoms with Crippen LogP contribution in [0.2, 0.25) is 5.02 Å². The zero-order valence-corrected chi connectivity index (χ0v) is 19.6. The fraction of sp³-hybridized carbons (Fsp3) is 0.667. The molecule has 1 aromatic rings. The van der Waals surface area contributed by atoms with E-state index in [0.29, 0.717) is 43.1 Å². The lowest BCUT2D eigenvalue weighted by molar-refractivity contribution is -0.105. The van der Waals surface area contributed by atoms with Crippen molar-refractivity contribution in [1.82, 2.24) is 5.09 Å². The van der Waals surface area contributed by atoms with Crippen LogP contribution in [0.1, 0.15) is 25.7 Å². The predicted molar refractivity (Wildman–Crippen MR) is 115 cm³/mol. The van der Waals surface area contributed by atoms with E-state index in [1.165, 1.54) is 0 Å². The molecule has 0 radical (unpaired) electrons. The zero-order chi connectivity index (χ0) is 21.0. The van der Waals surface area contributed by atoms with Gasteiger partial charge in [0.25, 0.3) is 6.64 Å². The fourth-order valence-corrected chi connectivity index (χ4v) is 4.15. The SMILES string of the molecule is CCOCC(C)CNP(=S)(OC)OCCOc1ccc(C(OC)OC)c(Cl)c1. The van der Waals surface area contributed by atoms with Crippen LogP contribution in [-0.2, 0) is 35.1 Å². The van der Waals surface area contributed by atoms with Crippen LogP contribution in [-0.4, -0.2) is 54.3 Å². The van der Waals surface area contributed by atoms with Crippen molar-refractivity contribution < 1.29 is 28.0 Å². The van der Waals surface area contributed by atoms with Crippen LogP contribution in [0, 0.1) is 5.92 Å². The van der Waals surface area contributed by atoms with E-state index in [2.05, 4.69) is 12.0 Å². The summed E-state index contributed by atoms with van der Waals surface area (Å²) in [6.45, 7) is 4.10. The topological polar surface area (TPSA) is 67.4 Å². The average Bonchev–Trinajstić information content (AvgIpc) is 2.70. The van der Waals surface area contributed by atoms with Crippen molar-refractivity contribution in [2.75, 3.05) is 54.3 Å². The molecule has 162 valence electrons. The summed E-state index contributed by atoms with van der Waals surface area (Å²) in [5, 5.41) is 3.69. The Balaban J connectivity index is 2.45. The van der Waals surface area contributed by atoms with Crippen molar-refractivity contribution in [2.24, 2.45) is 5.92 Å². The third-order valence-corrected chi connectivity index (χ3v) is 6.80. The van der Waals surface area contributed by atoms with Gasteiger partial charge in [0.05, 0.1) is 18.2 Å². The second-order valence-corrected chi connectivity index (χ2v) is 9.76. The van der Waals surface area contributed by atoms with E-state index < -0.39 is 12.9 Å². The molecule has 2 unspecified atom stereocenters. The van der Waals surface area contributed by atoms with Crippen LogP contribution in [0.4, 0.5) is 0 Å². The minimum atomic E-state index is -2.56. The molecule has 1 aromatic carbocycles. The summed E-state index contributed by atoms with van der Waals surface area (Å²) < 4.78 is 32.6. The molecular formula is C18H31ClNO6PS. The number of methoxy groups -OCH3 is 2. The second kappa shape index (κ2) is 13.9. The van der Waals surface area contributed by atoms with Gasteiger partial charge in [0.2, 0.25) is 0 Å². The highest BCUT2D eigenvalue weighted by Gasteiger charge is 2.18. The first kappa shape index (κ1) is 25.8. The molecular weight excluding hydrogens is 425 g/mol. The number of ether oxygens (including phenoxy) is 4. The second-order valence-electron chi connectivity index (χ2n) is 5.98. The Morgan fingerprint density at radius 2 is 1.89 bits per heavy atom. The van der Waals surface area contributed by atoms with Gasteiger partial charge in [-0.2, -0.15) is 0 Å². The highest BCUT2D eigenvalue weighted by Crippen LogP contribution is 2.43. The molecule has 7 nitrogen and oxygen atoms in total. The molecule has 2 atom stereocenters. The van der Waals surface area contributed by atoms with Gasteiger partial charge in [-0.25, -0.2) is 5.09 Å². The molecule has 1 N–H and O–H groups in total. The van der Waals surface area contributed by atoms with Gasteiger partial charge in [-0.1, -0.05) is 18.5 Å². The number of hydrogen-bond donors (Lipinski definition) is 1. The summed E-state index contributed by atoms with van der Waals surface area (Å²) in [5.74, 6) is 0.924. The van der Waals surface area contributed by atoms with Gasteiger partial charge in [0.15, 0.2) is 6.29 Å². The van der Waals surface area contributed by atoms with Gasteiger partial charge in [-0.15, -0.1) is 0 Å². The lowest BCUT2D eigenvalue weighted by Crippen LogP contribution is -2.24. The average molecular weight is 456 g/mol. The van der Waals surface area contributed by atoms with Crippen LogP contribution in [0.25, 0.3) is 0 Å². The standard InChI is InChI=1S/C18H31ClNO6PS/c1-6-24-13-14(2)12-20-27(28,23-5)26-10-9-25-15-7-8-16(17(19)11-15)18(21-3)22-4/h7-8,11,14,18H,6,9-10,12-13H2,1-5H3,(H,20,28). The van der Waals surface area contributed by atoms with E-state index in [1.807, 2.05) is 6.92 Å². The molecule has 0 aromatic heterocycles. The van der Waals surface area contributed by atoms with E-state index in [9.17, 15) is 0 Å². The zero-order valence-electron chi connectivity index (χ0n) is 17.1. The molecule has 0 aliphatic rings. The number of halogens is 1. The molecule has 0 amide bonds. The fourth-order valence-electron chi connectivity index (χ4n) is 2.26. The first-order valence-electron chi connectivity index (χ1n) is 9.00. The number of rotatable bonds is 15. The molecule has 0 bridgehead atoms. The Morgan fingerprint density at radius 3 is 2.46 bits per heavy atom. The van der Waals surface area contributed by atoms with Gasteiger partial charge >= 0.3 is 0 Å². The minimum absolute atomic E-state index is 0.288. The van der Waals surface area contributed by atoms with E-state index in [1.54, 1.807) is 39.5 Å². The third-order valence-electron chi connectivity index (χ3n) is 3.75. The number of benzene rings is 1. The highest BCUT2D eigenvalue weighted by atomic mass is 35.5. The summed E-state index contributed by atoms with van der Waals surface area (Å²) in [6.07, 6.45) is -0.520. The summed E-state index contributed by atoms with van der Waals surface area (Å²) in [7, 11) is 4.65. The largest absolute Gasteiger partial charge is 0.491 e. The maximum atomic E-state index is 6.27. The number of hydrogen-bond acceptors (Lipinski definition) is 7. The smallest absolute Gasteiger partial charge is 0.261 e. The van der Waals surface area contributed by atoms with Crippen molar-refractivity contribution in [3.8, 4) is 5.75 Å². The van der Waals surface area contributed by atoms with E-state index in [0.717, 1.165) is 5.56 Å². The van der Waals surface area contributed by atoms with E-state index in [4.69, 9.17) is 51.4 Å². The summed E-state index contributed by atoms with van der Waals surface area (Å²) in [6, 6.07) is 5.31. The number of nitrogens with one attached hydrogen (secondary N) is 1. The summed E-state index contributed by atoms with van der Waals surface area (Å²) >= 11 is 11.7. The lowest BCUT2D eigenvalue weighted by atomic mass is 10.2. The van der Waals surface area contributed by atoms with Crippen molar-refractivity contribution in [3.63, 3.8) is 0 Å². The maximum absolute atomic E-state index is 6.27. The van der Waals surface area contributed by atoms with Gasteiger partial charge in [0, 0.05) is 40.0 Å². The molecule has 0 heterocycles. The minimum Gasteiger partial charge on any atom is -0.491 e. The molecule has 0 aliphatic heterocycles. The lowest BCUT2D eigenvalue weighted by Gasteiger charge is -2.23. The first-order valence-corrected chi connectivity index (χ1v) is 12.0.